The highest BCUT2D eigenvalue weighted by Gasteiger charge is 2.12. The number of furan rings is 1. The monoisotopic (exact) mass is 285 g/mol. The molecule has 0 radical (unpaired) electrons. The second-order valence-electron chi connectivity index (χ2n) is 4.18. The number of rotatable bonds is 5. The Morgan fingerprint density at radius 3 is 2.71 bits per heavy atom. The van der Waals surface area contributed by atoms with Gasteiger partial charge in [-0.05, 0) is 36.4 Å². The van der Waals surface area contributed by atoms with Crippen LogP contribution in [0.4, 0.5) is 0 Å². The Bertz CT molecular complexity index is 732. The van der Waals surface area contributed by atoms with E-state index in [0.717, 1.165) is 5.56 Å². The first-order chi connectivity index (χ1) is 10.2. The fourth-order valence-electron chi connectivity index (χ4n) is 1.70. The molecule has 0 saturated carbocycles. The lowest BCUT2D eigenvalue weighted by Gasteiger charge is -2.03. The average molecular weight is 285 g/mol. The largest absolute Gasteiger partial charge is 0.484 e. The van der Waals surface area contributed by atoms with Crippen LogP contribution in [0, 0.1) is 0 Å². The molecule has 0 aliphatic carbocycles. The standard InChI is InChI=1S/C14H11N3O4/c15-12(18)8-20-10-5-3-9(4-6-10)13-16-14(21-17-13)11-2-1-7-19-11/h1-7H,8H2,(H2,15,18). The van der Waals surface area contributed by atoms with Crippen LogP contribution in [0.2, 0.25) is 0 Å². The minimum Gasteiger partial charge on any atom is -0.484 e. The van der Waals surface area contributed by atoms with Gasteiger partial charge in [-0.2, -0.15) is 4.98 Å². The zero-order chi connectivity index (χ0) is 14.7. The van der Waals surface area contributed by atoms with Crippen molar-refractivity contribution in [2.45, 2.75) is 0 Å². The summed E-state index contributed by atoms with van der Waals surface area (Å²) in [5.74, 6) is 1.26. The molecule has 2 heterocycles. The molecule has 7 nitrogen and oxygen atoms in total. The summed E-state index contributed by atoms with van der Waals surface area (Å²) in [4.78, 5) is 14.9. The van der Waals surface area contributed by atoms with Crippen LogP contribution in [0.15, 0.2) is 51.6 Å². The van der Waals surface area contributed by atoms with Crippen LogP contribution in [-0.2, 0) is 4.79 Å². The summed E-state index contributed by atoms with van der Waals surface area (Å²) in [6.07, 6.45) is 1.53. The lowest BCUT2D eigenvalue weighted by molar-refractivity contribution is -0.119. The van der Waals surface area contributed by atoms with E-state index in [1.54, 1.807) is 36.4 Å². The van der Waals surface area contributed by atoms with E-state index >= 15 is 0 Å². The first-order valence-electron chi connectivity index (χ1n) is 6.11. The van der Waals surface area contributed by atoms with E-state index in [-0.39, 0.29) is 6.61 Å². The highest BCUT2D eigenvalue weighted by molar-refractivity contribution is 5.75. The van der Waals surface area contributed by atoms with Gasteiger partial charge in [0.2, 0.25) is 5.82 Å². The molecule has 2 aromatic heterocycles. The van der Waals surface area contributed by atoms with Crippen molar-refractivity contribution in [3.63, 3.8) is 0 Å². The summed E-state index contributed by atoms with van der Waals surface area (Å²) >= 11 is 0. The first kappa shape index (κ1) is 12.9. The number of hydrogen-bond acceptors (Lipinski definition) is 6. The highest BCUT2D eigenvalue weighted by Crippen LogP contribution is 2.23. The van der Waals surface area contributed by atoms with Crippen LogP contribution >= 0.6 is 0 Å². The maximum Gasteiger partial charge on any atom is 0.293 e. The van der Waals surface area contributed by atoms with Crippen molar-refractivity contribution < 1.29 is 18.5 Å². The summed E-state index contributed by atoms with van der Waals surface area (Å²) in [6.45, 7) is -0.163. The summed E-state index contributed by atoms with van der Waals surface area (Å²) in [7, 11) is 0. The quantitative estimate of drug-likeness (QED) is 0.767. The topological polar surface area (TPSA) is 104 Å². The SMILES string of the molecule is NC(=O)COc1ccc(-c2noc(-c3ccco3)n2)cc1. The molecule has 1 amide bonds. The van der Waals surface area contributed by atoms with Gasteiger partial charge in [0.05, 0.1) is 6.26 Å². The van der Waals surface area contributed by atoms with Gasteiger partial charge in [0.15, 0.2) is 12.4 Å². The number of nitrogens with zero attached hydrogens (tertiary/aromatic N) is 2. The number of aromatic nitrogens is 2. The minimum atomic E-state index is -0.527. The zero-order valence-electron chi connectivity index (χ0n) is 10.9. The van der Waals surface area contributed by atoms with Crippen molar-refractivity contribution >= 4 is 5.91 Å². The predicted molar refractivity (Wildman–Crippen MR) is 72.1 cm³/mol. The number of amides is 1. The molecule has 1 aromatic carbocycles. The third kappa shape index (κ3) is 2.92. The predicted octanol–water partition coefficient (Wildman–Crippen LogP) is 1.86. The molecule has 7 heteroatoms. The van der Waals surface area contributed by atoms with Gasteiger partial charge in [-0.15, -0.1) is 0 Å². The fraction of sp³-hybridized carbons (Fsp3) is 0.0714. The molecule has 0 atom stereocenters. The van der Waals surface area contributed by atoms with Crippen molar-refractivity contribution in [3.05, 3.63) is 42.7 Å². The summed E-state index contributed by atoms with van der Waals surface area (Å²) in [5, 5.41) is 3.89. The first-order valence-corrected chi connectivity index (χ1v) is 6.11. The van der Waals surface area contributed by atoms with E-state index in [1.165, 1.54) is 6.26 Å². The fourth-order valence-corrected chi connectivity index (χ4v) is 1.70. The van der Waals surface area contributed by atoms with Crippen LogP contribution in [0.1, 0.15) is 0 Å². The average Bonchev–Trinajstić information content (AvgIpc) is 3.16. The molecule has 0 aliphatic rings. The molecule has 3 aromatic rings. The second kappa shape index (κ2) is 5.49. The molecule has 0 spiro atoms. The molecule has 0 aliphatic heterocycles. The Morgan fingerprint density at radius 1 is 1.24 bits per heavy atom. The molecule has 106 valence electrons. The number of hydrogen-bond donors (Lipinski definition) is 1. The Balaban J connectivity index is 1.76. The Hall–Kier alpha value is -3.09. The van der Waals surface area contributed by atoms with Gasteiger partial charge < -0.3 is 19.4 Å². The van der Waals surface area contributed by atoms with Crippen molar-refractivity contribution in [3.8, 4) is 28.8 Å². The second-order valence-corrected chi connectivity index (χ2v) is 4.18. The van der Waals surface area contributed by atoms with E-state index in [0.29, 0.717) is 23.2 Å². The maximum absolute atomic E-state index is 10.6. The van der Waals surface area contributed by atoms with E-state index in [9.17, 15) is 4.79 Å². The summed E-state index contributed by atoms with van der Waals surface area (Å²) in [5.41, 5.74) is 5.76. The molecule has 0 saturated heterocycles. The molecular formula is C14H11N3O4. The Kier molecular flexibility index (Phi) is 3.38. The van der Waals surface area contributed by atoms with Gasteiger partial charge in [-0.1, -0.05) is 5.16 Å². The van der Waals surface area contributed by atoms with Crippen LogP contribution in [0.3, 0.4) is 0 Å². The minimum absolute atomic E-state index is 0.163. The summed E-state index contributed by atoms with van der Waals surface area (Å²) in [6, 6.07) is 10.4. The van der Waals surface area contributed by atoms with Crippen LogP contribution < -0.4 is 10.5 Å². The number of carbonyl (C=O) groups excluding carboxylic acids is 1. The molecule has 3 rings (SSSR count). The molecule has 0 bridgehead atoms. The van der Waals surface area contributed by atoms with Crippen LogP contribution in [-0.4, -0.2) is 22.7 Å². The molecule has 0 unspecified atom stereocenters. The summed E-state index contributed by atoms with van der Waals surface area (Å²) < 4.78 is 15.5. The van der Waals surface area contributed by atoms with Crippen LogP contribution in [0.5, 0.6) is 5.75 Å². The number of nitrogens with two attached hydrogens (primary N) is 1. The number of primary amides is 1. The normalized spacial score (nSPS) is 10.5. The van der Waals surface area contributed by atoms with Crippen molar-refractivity contribution in [1.82, 2.24) is 10.1 Å². The number of carbonyl (C=O) groups is 1. The number of benzene rings is 1. The third-order valence-electron chi connectivity index (χ3n) is 2.65. The lowest BCUT2D eigenvalue weighted by Crippen LogP contribution is -2.19. The molecule has 0 fully saturated rings. The van der Waals surface area contributed by atoms with E-state index in [2.05, 4.69) is 10.1 Å². The van der Waals surface area contributed by atoms with E-state index in [1.807, 2.05) is 0 Å². The van der Waals surface area contributed by atoms with Crippen LogP contribution in [0.25, 0.3) is 23.0 Å². The number of ether oxygens (including phenoxy) is 1. The zero-order valence-corrected chi connectivity index (χ0v) is 10.9. The van der Waals surface area contributed by atoms with Crippen molar-refractivity contribution in [2.75, 3.05) is 6.61 Å². The van der Waals surface area contributed by atoms with Gasteiger partial charge in [0.1, 0.15) is 5.75 Å². The van der Waals surface area contributed by atoms with Gasteiger partial charge >= 0.3 is 0 Å². The van der Waals surface area contributed by atoms with Crippen molar-refractivity contribution in [2.24, 2.45) is 5.73 Å². The Morgan fingerprint density at radius 2 is 2.05 bits per heavy atom. The van der Waals surface area contributed by atoms with E-state index < -0.39 is 5.91 Å². The highest BCUT2D eigenvalue weighted by atomic mass is 16.5. The molecule has 2 N–H and O–H groups in total. The smallest absolute Gasteiger partial charge is 0.293 e. The van der Waals surface area contributed by atoms with Gasteiger partial charge in [-0.25, -0.2) is 0 Å². The van der Waals surface area contributed by atoms with Gasteiger partial charge in [-0.3, -0.25) is 4.79 Å². The van der Waals surface area contributed by atoms with Gasteiger partial charge in [0, 0.05) is 5.56 Å². The van der Waals surface area contributed by atoms with Crippen molar-refractivity contribution in [1.29, 1.82) is 0 Å². The Labute approximate surface area is 119 Å². The van der Waals surface area contributed by atoms with Gasteiger partial charge in [0.25, 0.3) is 11.8 Å². The third-order valence-corrected chi connectivity index (χ3v) is 2.65. The van der Waals surface area contributed by atoms with E-state index in [4.69, 9.17) is 19.4 Å². The lowest BCUT2D eigenvalue weighted by atomic mass is 10.2. The maximum atomic E-state index is 10.6. The molecular weight excluding hydrogens is 274 g/mol. The molecule has 21 heavy (non-hydrogen) atoms.